The van der Waals surface area contributed by atoms with Crippen LogP contribution < -0.4 is 36.9 Å². The normalized spacial score (nSPS) is 15.7. The zero-order valence-corrected chi connectivity index (χ0v) is 45.2. The van der Waals surface area contributed by atoms with Crippen molar-refractivity contribution in [3.8, 4) is 11.4 Å². The molecule has 3 aliphatic heterocycles. The minimum Gasteiger partial charge on any atom is -0.458 e. The number of carbonyl (C=O) groups excluding carboxylic acids is 8. The predicted octanol–water partition coefficient (Wildman–Crippen LogP) is -1.52. The Morgan fingerprint density at radius 1 is 0.802 bits per heavy atom. The molecule has 4 aromatic rings. The lowest BCUT2D eigenvalue weighted by Crippen LogP contribution is -2.52. The number of halogens is 1. The summed E-state index contributed by atoms with van der Waals surface area (Å²) in [5.74, 6) is -6.16. The van der Waals surface area contributed by atoms with E-state index in [9.17, 15) is 61.1 Å². The molecule has 1 unspecified atom stereocenters. The van der Waals surface area contributed by atoms with Gasteiger partial charge in [-0.1, -0.05) is 37.3 Å². The van der Waals surface area contributed by atoms with Gasteiger partial charge in [0.25, 0.3) is 17.4 Å². The number of aromatic nitrogens is 2. The summed E-state index contributed by atoms with van der Waals surface area (Å²) in [5.41, 5.74) is 0.0448. The first-order valence-electron chi connectivity index (χ1n) is 25.8. The zero-order valence-electron chi connectivity index (χ0n) is 44.4. The molecule has 7 N–H and O–H groups in total. The number of hydrogen-bond acceptors (Lipinski definition) is 18. The third-order valence-electron chi connectivity index (χ3n) is 13.2. The van der Waals surface area contributed by atoms with Crippen molar-refractivity contribution in [2.45, 2.75) is 64.4 Å². The van der Waals surface area contributed by atoms with Crippen molar-refractivity contribution in [3.05, 3.63) is 110 Å². The van der Waals surface area contributed by atoms with Gasteiger partial charge in [-0.3, -0.25) is 43.3 Å². The molecule has 7 amide bonds. The van der Waals surface area contributed by atoms with Gasteiger partial charge in [0.15, 0.2) is 5.60 Å². The van der Waals surface area contributed by atoms with Gasteiger partial charge >= 0.3 is 5.97 Å². The zero-order chi connectivity index (χ0) is 58.3. The molecule has 5 heterocycles. The summed E-state index contributed by atoms with van der Waals surface area (Å²) in [6, 6.07) is 11.7. The number of pyridine rings is 2. The Bertz CT molecular complexity index is 3250. The Morgan fingerprint density at radius 3 is 2.17 bits per heavy atom. The second kappa shape index (κ2) is 28.0. The molecule has 0 saturated carbocycles. The number of imide groups is 1. The van der Waals surface area contributed by atoms with Gasteiger partial charge < -0.3 is 59.9 Å². The number of fused-ring (bicyclic) bond motifs is 5. The predicted molar refractivity (Wildman–Crippen MR) is 283 cm³/mol. The average Bonchev–Trinajstić information content (AvgIpc) is 4.24. The SMILES string of the molecule is CC[C@@]1(O)C(=O)OCc2c1cc1n(c2=O)Cc2c-1nc1cc(F)c(C)cc1c2CNS(=O)(=O)CCOCNC(=O)CNC(=O)C(Cc1ccccc1)NC(=O)CNC(=O)CNC(=O)CCOCCOCCOCCN1C(=O)C=CC1=O. The number of aliphatic hydroxyl groups is 1. The van der Waals surface area contributed by atoms with Crippen LogP contribution in [0, 0.1) is 12.7 Å². The van der Waals surface area contributed by atoms with E-state index >= 15 is 0 Å². The molecule has 3 aliphatic rings. The van der Waals surface area contributed by atoms with Crippen LogP contribution in [0.2, 0.25) is 0 Å². The molecule has 2 atom stereocenters. The molecule has 26 nitrogen and oxygen atoms in total. The number of nitrogens with zero attached hydrogens (tertiary/aromatic N) is 3. The van der Waals surface area contributed by atoms with Gasteiger partial charge in [0, 0.05) is 54.1 Å². The Hall–Kier alpha value is -7.86. The second-order valence-electron chi connectivity index (χ2n) is 18.8. The number of esters is 1. The third kappa shape index (κ3) is 16.0. The van der Waals surface area contributed by atoms with E-state index in [-0.39, 0.29) is 137 Å². The molecule has 0 bridgehead atoms. The van der Waals surface area contributed by atoms with E-state index in [1.807, 2.05) is 0 Å². The van der Waals surface area contributed by atoms with Crippen LogP contribution in [-0.2, 0) is 104 Å². The van der Waals surface area contributed by atoms with E-state index < -0.39 is 101 Å². The minimum absolute atomic E-state index is 0.0141. The number of nitrogens with one attached hydrogen (secondary N) is 6. The van der Waals surface area contributed by atoms with E-state index in [2.05, 4.69) is 36.3 Å². The van der Waals surface area contributed by atoms with Crippen molar-refractivity contribution < 1.29 is 80.0 Å². The molecule has 0 fully saturated rings. The molecule has 0 saturated heterocycles. The van der Waals surface area contributed by atoms with Crippen molar-refractivity contribution in [1.82, 2.24) is 45.8 Å². The van der Waals surface area contributed by atoms with Crippen LogP contribution in [-0.4, -0.2) is 166 Å². The Morgan fingerprint density at radius 2 is 1.46 bits per heavy atom. The summed E-state index contributed by atoms with van der Waals surface area (Å²) in [6.45, 7) is 1.26. The molecule has 7 rings (SSSR count). The molecule has 2 aromatic carbocycles. The largest absolute Gasteiger partial charge is 0.458 e. The first kappa shape index (κ1) is 60.8. The van der Waals surface area contributed by atoms with Crippen LogP contribution in [0.3, 0.4) is 0 Å². The van der Waals surface area contributed by atoms with Crippen LogP contribution in [0.25, 0.3) is 22.3 Å². The number of sulfonamides is 1. The van der Waals surface area contributed by atoms with Crippen LogP contribution in [0.4, 0.5) is 4.39 Å². The van der Waals surface area contributed by atoms with Gasteiger partial charge in [0.05, 0.1) is 107 Å². The van der Waals surface area contributed by atoms with Gasteiger partial charge in [-0.05, 0) is 42.2 Å². The van der Waals surface area contributed by atoms with Crippen molar-refractivity contribution >= 4 is 68.2 Å². The molecule has 0 radical (unpaired) electrons. The number of aryl methyl sites for hydroxylation is 1. The number of hydrogen-bond donors (Lipinski definition) is 7. The van der Waals surface area contributed by atoms with E-state index in [0.29, 0.717) is 22.1 Å². The molecule has 0 aliphatic carbocycles. The maximum absolute atomic E-state index is 14.9. The summed E-state index contributed by atoms with van der Waals surface area (Å²) >= 11 is 0. The summed E-state index contributed by atoms with van der Waals surface area (Å²) in [4.78, 5) is 119. The van der Waals surface area contributed by atoms with Gasteiger partial charge in [0.2, 0.25) is 39.6 Å². The second-order valence-corrected chi connectivity index (χ2v) is 20.7. The van der Waals surface area contributed by atoms with Gasteiger partial charge in [-0.15, -0.1) is 0 Å². The molecular weight excluding hydrogens is 1090 g/mol. The molecule has 0 spiro atoms. The van der Waals surface area contributed by atoms with Gasteiger partial charge in [-0.25, -0.2) is 27.3 Å². The maximum Gasteiger partial charge on any atom is 0.343 e. The van der Waals surface area contributed by atoms with Crippen LogP contribution in [0.5, 0.6) is 0 Å². The van der Waals surface area contributed by atoms with Crippen LogP contribution >= 0.6 is 0 Å². The quantitative estimate of drug-likeness (QED) is 0.0115. The standard InChI is InChI=1S/C53H62FN9O17S/c1-3-53(73)38-23-42-49-36(29-63(42)51(71)37(38)30-80-52(53)72)35(34-21-32(2)39(54)24-40(34)61-49)25-59-81(74,75)20-19-79-31-58-45(66)27-57-50(70)41(22-33-7-5-4-6-8-33)60-46(67)28-56-44(65)26-55-43(64)11-13-76-15-17-78-18-16-77-14-12-62-47(68)9-10-48(62)69/h4-10,21,23-24,41,59,73H,3,11-20,22,25-31H2,1-2H3,(H,55,64)(H,56,65)(H,57,70)(H,58,66)(H,60,67)/t41?,53-/m0/s1. The van der Waals surface area contributed by atoms with E-state index in [1.54, 1.807) is 37.3 Å². The highest BCUT2D eigenvalue weighted by molar-refractivity contribution is 7.89. The Labute approximate surface area is 463 Å². The van der Waals surface area contributed by atoms with Gasteiger partial charge in [0.1, 0.15) is 25.2 Å². The highest BCUT2D eigenvalue weighted by Crippen LogP contribution is 2.40. The smallest absolute Gasteiger partial charge is 0.343 e. The monoisotopic (exact) mass is 1150 g/mol. The summed E-state index contributed by atoms with van der Waals surface area (Å²) in [7, 11) is -4.08. The number of benzene rings is 2. The number of ether oxygens (including phenoxy) is 5. The summed E-state index contributed by atoms with van der Waals surface area (Å²) < 4.78 is 72.1. The Balaban J connectivity index is 0.799. The lowest BCUT2D eigenvalue weighted by atomic mass is 9.86. The molecular formula is C53H62FN9O17S. The van der Waals surface area contributed by atoms with Crippen molar-refractivity contribution in [3.63, 3.8) is 0 Å². The van der Waals surface area contributed by atoms with Crippen molar-refractivity contribution in [1.29, 1.82) is 0 Å². The Kier molecular flexibility index (Phi) is 21.0. The van der Waals surface area contributed by atoms with Gasteiger partial charge in [-0.2, -0.15) is 0 Å². The third-order valence-corrected chi connectivity index (χ3v) is 14.5. The van der Waals surface area contributed by atoms with Crippen LogP contribution in [0.1, 0.15) is 53.1 Å². The molecule has 2 aromatic heterocycles. The fraction of sp³-hybridized carbons (Fsp3) is 0.434. The highest BCUT2D eigenvalue weighted by atomic mass is 32.2. The molecule has 434 valence electrons. The highest BCUT2D eigenvalue weighted by Gasteiger charge is 2.45. The topological polar surface area (TPSA) is 347 Å². The van der Waals surface area contributed by atoms with E-state index in [0.717, 1.165) is 4.90 Å². The van der Waals surface area contributed by atoms with Crippen molar-refractivity contribution in [2.24, 2.45) is 0 Å². The summed E-state index contributed by atoms with van der Waals surface area (Å²) in [6.07, 6.45) is 2.26. The lowest BCUT2D eigenvalue weighted by Gasteiger charge is -2.31. The first-order valence-corrected chi connectivity index (χ1v) is 27.5. The average molecular weight is 1150 g/mol. The van der Waals surface area contributed by atoms with Crippen LogP contribution in [0.15, 0.2) is 65.5 Å². The molecule has 28 heteroatoms. The van der Waals surface area contributed by atoms with E-state index in [1.165, 1.54) is 41.8 Å². The fourth-order valence-corrected chi connectivity index (χ4v) is 9.65. The number of amides is 7. The number of carbonyl (C=O) groups is 8. The maximum atomic E-state index is 14.9. The lowest BCUT2D eigenvalue weighted by molar-refractivity contribution is -0.172. The van der Waals surface area contributed by atoms with E-state index in [4.69, 9.17) is 23.7 Å². The number of rotatable bonds is 31. The first-order chi connectivity index (χ1) is 38.8. The summed E-state index contributed by atoms with van der Waals surface area (Å²) in [5, 5.41) is 23.9. The van der Waals surface area contributed by atoms with Crippen molar-refractivity contribution in [2.75, 3.05) is 84.9 Å². The number of cyclic esters (lactones) is 1. The molecule has 81 heavy (non-hydrogen) atoms. The fourth-order valence-electron chi connectivity index (χ4n) is 8.80. The minimum atomic E-state index is -4.08.